The Hall–Kier alpha value is -0.760. The molecule has 17 heavy (non-hydrogen) atoms. The van der Waals surface area contributed by atoms with Gasteiger partial charge >= 0.3 is 0 Å². The van der Waals surface area contributed by atoms with E-state index in [1.807, 2.05) is 43.4 Å². The molecule has 2 heterocycles. The van der Waals surface area contributed by atoms with Crippen LogP contribution in [0.2, 0.25) is 0 Å². The molecular weight excluding hydrogens is 349 g/mol. The molecule has 0 saturated heterocycles. The molecule has 0 aromatic carbocycles. The molecule has 2 aromatic heterocycles. The van der Waals surface area contributed by atoms with Crippen molar-refractivity contribution < 1.29 is 0 Å². The summed E-state index contributed by atoms with van der Waals surface area (Å²) in [6.07, 6.45) is 1.60. The smallest absolute Gasteiger partial charge is 0.267 e. The average Bonchev–Trinajstić information content (AvgIpc) is 2.59. The van der Waals surface area contributed by atoms with E-state index in [1.165, 1.54) is 4.88 Å². The van der Waals surface area contributed by atoms with Crippen LogP contribution in [0.1, 0.15) is 21.4 Å². The quantitative estimate of drug-likeness (QED) is 0.772. The first-order chi connectivity index (χ1) is 7.99. The number of halogens is 1. The molecule has 0 radical (unpaired) electrons. The highest BCUT2D eigenvalue weighted by molar-refractivity contribution is 14.1. The van der Waals surface area contributed by atoms with Crippen LogP contribution >= 0.6 is 33.9 Å². The summed E-state index contributed by atoms with van der Waals surface area (Å²) in [5.41, 5.74) is 1.04. The van der Waals surface area contributed by atoms with E-state index in [0.29, 0.717) is 10.1 Å². The lowest BCUT2D eigenvalue weighted by Gasteiger charge is -2.06. The highest BCUT2D eigenvalue weighted by atomic mass is 127. The topological polar surface area (TPSA) is 47.8 Å². The Bertz CT molecular complexity index is 598. The fraction of sp³-hybridized carbons (Fsp3) is 0.364. The highest BCUT2D eigenvalue weighted by Gasteiger charge is 2.09. The van der Waals surface area contributed by atoms with Gasteiger partial charge in [0.05, 0.1) is 15.8 Å². The number of nitrogens with zero attached hydrogens (tertiary/aromatic N) is 3. The van der Waals surface area contributed by atoms with E-state index in [-0.39, 0.29) is 5.56 Å². The summed E-state index contributed by atoms with van der Waals surface area (Å²) in [7, 11) is 0. The Kier molecular flexibility index (Phi) is 3.62. The summed E-state index contributed by atoms with van der Waals surface area (Å²) in [4.78, 5) is 21.8. The van der Waals surface area contributed by atoms with Crippen molar-refractivity contribution in [2.45, 2.75) is 27.3 Å². The molecule has 0 aliphatic carbocycles. The van der Waals surface area contributed by atoms with Crippen LogP contribution in [0, 0.1) is 24.3 Å². The van der Waals surface area contributed by atoms with Crippen LogP contribution in [0.3, 0.4) is 0 Å². The van der Waals surface area contributed by atoms with Crippen LogP contribution in [-0.4, -0.2) is 14.5 Å². The number of hydrogen-bond donors (Lipinski definition) is 0. The second-order valence-corrected chi connectivity index (χ2v) is 6.24. The van der Waals surface area contributed by atoms with Gasteiger partial charge in [-0.3, -0.25) is 9.36 Å². The molecule has 90 valence electrons. The number of thiazole rings is 1. The Morgan fingerprint density at radius 1 is 1.41 bits per heavy atom. The molecule has 0 bridgehead atoms. The zero-order valence-corrected chi connectivity index (χ0v) is 12.8. The molecule has 0 N–H and O–H groups in total. The Morgan fingerprint density at radius 3 is 2.71 bits per heavy atom. The maximum absolute atomic E-state index is 12.0. The SMILES string of the molecule is Cc1nc(Cn2c(C)ncc(I)c2=O)sc1C. The first-order valence-electron chi connectivity index (χ1n) is 5.14. The average molecular weight is 361 g/mol. The Morgan fingerprint density at radius 2 is 2.12 bits per heavy atom. The van der Waals surface area contributed by atoms with Crippen molar-refractivity contribution in [1.82, 2.24) is 14.5 Å². The van der Waals surface area contributed by atoms with Crippen molar-refractivity contribution in [3.63, 3.8) is 0 Å². The molecule has 0 aliphatic heterocycles. The van der Waals surface area contributed by atoms with Crippen molar-refractivity contribution in [3.8, 4) is 0 Å². The fourth-order valence-electron chi connectivity index (χ4n) is 1.48. The van der Waals surface area contributed by atoms with Crippen LogP contribution in [0.25, 0.3) is 0 Å². The maximum Gasteiger partial charge on any atom is 0.267 e. The molecular formula is C11H12IN3OS. The molecule has 0 fully saturated rings. The molecule has 6 heteroatoms. The molecule has 0 amide bonds. The molecule has 0 aliphatic rings. The van der Waals surface area contributed by atoms with E-state index in [0.717, 1.165) is 16.5 Å². The van der Waals surface area contributed by atoms with Crippen molar-refractivity contribution in [2.24, 2.45) is 0 Å². The van der Waals surface area contributed by atoms with Crippen LogP contribution in [0.5, 0.6) is 0 Å². The van der Waals surface area contributed by atoms with Gasteiger partial charge in [-0.05, 0) is 43.4 Å². The summed E-state index contributed by atoms with van der Waals surface area (Å²) in [5, 5.41) is 0.953. The predicted molar refractivity (Wildman–Crippen MR) is 76.6 cm³/mol. The lowest BCUT2D eigenvalue weighted by Crippen LogP contribution is -2.26. The van der Waals surface area contributed by atoms with Crippen molar-refractivity contribution in [2.75, 3.05) is 0 Å². The third-order valence-electron chi connectivity index (χ3n) is 2.57. The number of rotatable bonds is 2. The zero-order chi connectivity index (χ0) is 12.6. The van der Waals surface area contributed by atoms with Crippen molar-refractivity contribution in [1.29, 1.82) is 0 Å². The van der Waals surface area contributed by atoms with Gasteiger partial charge < -0.3 is 0 Å². The van der Waals surface area contributed by atoms with E-state index in [4.69, 9.17) is 0 Å². The number of aryl methyl sites for hydroxylation is 3. The van der Waals surface area contributed by atoms with Gasteiger partial charge in [0, 0.05) is 11.1 Å². The molecule has 0 atom stereocenters. The molecule has 0 saturated carbocycles. The lowest BCUT2D eigenvalue weighted by atomic mass is 10.4. The minimum absolute atomic E-state index is 0.00334. The minimum atomic E-state index is 0.00334. The standard InChI is InChI=1S/C11H12IN3OS/c1-6-7(2)17-10(14-6)5-15-8(3)13-4-9(12)11(15)16/h4H,5H2,1-3H3. The molecule has 2 rings (SSSR count). The van der Waals surface area contributed by atoms with Crippen molar-refractivity contribution in [3.05, 3.63) is 41.5 Å². The van der Waals surface area contributed by atoms with E-state index in [2.05, 4.69) is 9.97 Å². The lowest BCUT2D eigenvalue weighted by molar-refractivity contribution is 0.690. The van der Waals surface area contributed by atoms with Gasteiger partial charge in [0.15, 0.2) is 0 Å². The van der Waals surface area contributed by atoms with E-state index in [9.17, 15) is 4.79 Å². The number of aromatic nitrogens is 3. The van der Waals surface area contributed by atoms with Gasteiger partial charge in [-0.2, -0.15) is 0 Å². The Balaban J connectivity index is 2.43. The van der Waals surface area contributed by atoms with Crippen LogP contribution in [0.4, 0.5) is 0 Å². The van der Waals surface area contributed by atoms with Crippen LogP contribution in [-0.2, 0) is 6.54 Å². The van der Waals surface area contributed by atoms with Gasteiger partial charge in [-0.1, -0.05) is 0 Å². The molecule has 0 spiro atoms. The third-order valence-corrected chi connectivity index (χ3v) is 4.37. The highest BCUT2D eigenvalue weighted by Crippen LogP contribution is 2.17. The monoisotopic (exact) mass is 361 g/mol. The van der Waals surface area contributed by atoms with E-state index in [1.54, 1.807) is 22.1 Å². The second kappa shape index (κ2) is 4.85. The largest absolute Gasteiger partial charge is 0.289 e. The molecule has 0 unspecified atom stereocenters. The molecule has 2 aromatic rings. The predicted octanol–water partition coefficient (Wildman–Crippen LogP) is 2.28. The summed E-state index contributed by atoms with van der Waals surface area (Å²) in [6, 6.07) is 0. The first-order valence-corrected chi connectivity index (χ1v) is 7.03. The zero-order valence-electron chi connectivity index (χ0n) is 9.82. The van der Waals surface area contributed by atoms with Crippen LogP contribution < -0.4 is 5.56 Å². The second-order valence-electron chi connectivity index (χ2n) is 3.79. The van der Waals surface area contributed by atoms with Gasteiger partial charge in [-0.25, -0.2) is 9.97 Å². The van der Waals surface area contributed by atoms with Gasteiger partial charge in [0.25, 0.3) is 5.56 Å². The minimum Gasteiger partial charge on any atom is -0.289 e. The third kappa shape index (κ3) is 2.57. The van der Waals surface area contributed by atoms with Crippen LogP contribution in [0.15, 0.2) is 11.0 Å². The summed E-state index contributed by atoms with van der Waals surface area (Å²) < 4.78 is 2.30. The van der Waals surface area contributed by atoms with Gasteiger partial charge in [-0.15, -0.1) is 11.3 Å². The maximum atomic E-state index is 12.0. The van der Waals surface area contributed by atoms with E-state index >= 15 is 0 Å². The van der Waals surface area contributed by atoms with E-state index < -0.39 is 0 Å². The normalized spacial score (nSPS) is 10.8. The summed E-state index contributed by atoms with van der Waals surface area (Å²) in [5.74, 6) is 0.723. The van der Waals surface area contributed by atoms with Crippen molar-refractivity contribution >= 4 is 33.9 Å². The fourth-order valence-corrected chi connectivity index (χ4v) is 2.83. The Labute approximate surface area is 117 Å². The molecule has 4 nitrogen and oxygen atoms in total. The summed E-state index contributed by atoms with van der Waals surface area (Å²) >= 11 is 3.64. The van der Waals surface area contributed by atoms with Gasteiger partial charge in [0.2, 0.25) is 0 Å². The van der Waals surface area contributed by atoms with Gasteiger partial charge in [0.1, 0.15) is 10.8 Å². The first kappa shape index (κ1) is 12.7. The summed E-state index contributed by atoms with van der Waals surface area (Å²) in [6.45, 7) is 6.37. The number of hydrogen-bond acceptors (Lipinski definition) is 4.